The van der Waals surface area contributed by atoms with Crippen LogP contribution in [0.5, 0.6) is 0 Å². The minimum absolute atomic E-state index is 0.00852. The number of nitrogens with zero attached hydrogens (tertiary/aromatic N) is 1. The van der Waals surface area contributed by atoms with Gasteiger partial charge in [0.15, 0.2) is 0 Å². The molecule has 0 amide bonds. The number of oxazole rings is 1. The van der Waals surface area contributed by atoms with Gasteiger partial charge in [0.05, 0.1) is 9.77 Å². The van der Waals surface area contributed by atoms with Crippen LogP contribution in [0.15, 0.2) is 67.3 Å². The minimum atomic E-state index is -3.71. The lowest BCUT2D eigenvalue weighted by Crippen LogP contribution is -2.04. The monoisotopic (exact) mass is 365 g/mol. The second kappa shape index (κ2) is 6.51. The summed E-state index contributed by atoms with van der Waals surface area (Å²) in [6.07, 6.45) is 0. The van der Waals surface area contributed by atoms with Gasteiger partial charge in [-0.3, -0.25) is 0 Å². The van der Waals surface area contributed by atoms with Gasteiger partial charge < -0.3 is 4.42 Å². The van der Waals surface area contributed by atoms with Gasteiger partial charge in [0.2, 0.25) is 25.8 Å². The van der Waals surface area contributed by atoms with Gasteiger partial charge in [-0.25, -0.2) is 8.42 Å². The van der Waals surface area contributed by atoms with Crippen LogP contribution in [0.1, 0.15) is 13.8 Å². The standard InChI is InChI=1S/C16H15NO3S3/c1-11(2)22-16-15(17-14(20-16)13-9-6-10-21-13)23(18,19)12-7-4-3-5-8-12/h3-11H,1-2H3. The molecule has 3 rings (SSSR count). The summed E-state index contributed by atoms with van der Waals surface area (Å²) in [6, 6.07) is 12.1. The Morgan fingerprint density at radius 3 is 2.48 bits per heavy atom. The molecule has 23 heavy (non-hydrogen) atoms. The van der Waals surface area contributed by atoms with E-state index in [1.807, 2.05) is 31.4 Å². The number of hydrogen-bond acceptors (Lipinski definition) is 6. The normalized spacial score (nSPS) is 12.0. The van der Waals surface area contributed by atoms with Crippen molar-refractivity contribution in [3.63, 3.8) is 0 Å². The van der Waals surface area contributed by atoms with Crippen molar-refractivity contribution in [1.82, 2.24) is 4.98 Å². The van der Waals surface area contributed by atoms with E-state index in [9.17, 15) is 8.42 Å². The third-order valence-corrected chi connectivity index (χ3v) is 6.58. The number of thioether (sulfide) groups is 1. The first-order chi connectivity index (χ1) is 11.0. The van der Waals surface area contributed by atoms with Gasteiger partial charge in [0.25, 0.3) is 0 Å². The maximum atomic E-state index is 12.9. The van der Waals surface area contributed by atoms with E-state index in [2.05, 4.69) is 4.98 Å². The summed E-state index contributed by atoms with van der Waals surface area (Å²) in [5, 5.41) is 2.42. The molecule has 4 nitrogen and oxygen atoms in total. The van der Waals surface area contributed by atoms with E-state index >= 15 is 0 Å². The number of thiophene rings is 1. The Morgan fingerprint density at radius 1 is 1.13 bits per heavy atom. The molecule has 0 saturated carbocycles. The Hall–Kier alpha value is -1.57. The zero-order chi connectivity index (χ0) is 16.4. The molecule has 2 aromatic heterocycles. The Kier molecular flexibility index (Phi) is 4.61. The average Bonchev–Trinajstić information content (AvgIpc) is 3.16. The highest BCUT2D eigenvalue weighted by atomic mass is 32.2. The molecular weight excluding hydrogens is 350 g/mol. The van der Waals surface area contributed by atoms with E-state index in [4.69, 9.17) is 4.42 Å². The lowest BCUT2D eigenvalue weighted by atomic mass is 10.4. The van der Waals surface area contributed by atoms with Gasteiger partial charge in [0.1, 0.15) is 0 Å². The first-order valence-corrected chi connectivity index (χ1v) is 10.2. The second-order valence-corrected chi connectivity index (χ2v) is 9.43. The van der Waals surface area contributed by atoms with Crippen LogP contribution >= 0.6 is 23.1 Å². The fraction of sp³-hybridized carbons (Fsp3) is 0.188. The number of rotatable bonds is 5. The van der Waals surface area contributed by atoms with Crippen LogP contribution in [0.3, 0.4) is 0 Å². The summed E-state index contributed by atoms with van der Waals surface area (Å²) in [6.45, 7) is 3.97. The molecule has 0 radical (unpaired) electrons. The van der Waals surface area contributed by atoms with E-state index in [0.29, 0.717) is 11.0 Å². The van der Waals surface area contributed by atoms with Crippen molar-refractivity contribution in [3.8, 4) is 10.8 Å². The fourth-order valence-electron chi connectivity index (χ4n) is 1.97. The highest BCUT2D eigenvalue weighted by Crippen LogP contribution is 2.37. The SMILES string of the molecule is CC(C)Sc1oc(-c2cccs2)nc1S(=O)(=O)c1ccccc1. The van der Waals surface area contributed by atoms with E-state index in [-0.39, 0.29) is 15.2 Å². The fourth-order valence-corrected chi connectivity index (χ4v) is 4.99. The minimum Gasteiger partial charge on any atom is -0.428 e. The first kappa shape index (κ1) is 16.3. The van der Waals surface area contributed by atoms with Crippen LogP contribution in [0.25, 0.3) is 10.8 Å². The molecule has 0 atom stereocenters. The molecule has 0 aliphatic heterocycles. The molecule has 0 N–H and O–H groups in total. The summed E-state index contributed by atoms with van der Waals surface area (Å²) >= 11 is 2.82. The topological polar surface area (TPSA) is 60.2 Å². The largest absolute Gasteiger partial charge is 0.428 e. The smallest absolute Gasteiger partial charge is 0.238 e. The molecular formula is C16H15NO3S3. The molecule has 0 bridgehead atoms. The van der Waals surface area contributed by atoms with Crippen molar-refractivity contribution in [3.05, 3.63) is 47.8 Å². The van der Waals surface area contributed by atoms with E-state index in [0.717, 1.165) is 4.88 Å². The number of hydrogen-bond donors (Lipinski definition) is 0. The van der Waals surface area contributed by atoms with E-state index in [1.165, 1.54) is 23.1 Å². The summed E-state index contributed by atoms with van der Waals surface area (Å²) in [7, 11) is -3.71. The highest BCUT2D eigenvalue weighted by Gasteiger charge is 2.29. The number of aromatic nitrogens is 1. The Balaban J connectivity index is 2.14. The zero-order valence-electron chi connectivity index (χ0n) is 12.6. The maximum absolute atomic E-state index is 12.9. The molecule has 3 aromatic rings. The van der Waals surface area contributed by atoms with Crippen LogP contribution in [0, 0.1) is 0 Å². The number of sulfone groups is 1. The van der Waals surface area contributed by atoms with Crippen LogP contribution < -0.4 is 0 Å². The Labute approximate surface area is 143 Å². The van der Waals surface area contributed by atoms with Crippen LogP contribution in [-0.4, -0.2) is 18.7 Å². The van der Waals surface area contributed by atoms with Crippen LogP contribution in [0.4, 0.5) is 0 Å². The summed E-state index contributed by atoms with van der Waals surface area (Å²) in [5.74, 6) is 0.345. The van der Waals surface area contributed by atoms with Crippen LogP contribution in [-0.2, 0) is 9.84 Å². The van der Waals surface area contributed by atoms with Crippen molar-refractivity contribution < 1.29 is 12.8 Å². The highest BCUT2D eigenvalue weighted by molar-refractivity contribution is 8.00. The molecule has 0 fully saturated rings. The maximum Gasteiger partial charge on any atom is 0.238 e. The Morgan fingerprint density at radius 2 is 1.87 bits per heavy atom. The lowest BCUT2D eigenvalue weighted by molar-refractivity contribution is 0.470. The third-order valence-electron chi connectivity index (χ3n) is 2.95. The molecule has 7 heteroatoms. The average molecular weight is 366 g/mol. The predicted molar refractivity (Wildman–Crippen MR) is 92.7 cm³/mol. The lowest BCUT2D eigenvalue weighted by Gasteiger charge is -2.04. The van der Waals surface area contributed by atoms with Crippen molar-refractivity contribution in [2.75, 3.05) is 0 Å². The van der Waals surface area contributed by atoms with Crippen LogP contribution in [0.2, 0.25) is 0 Å². The molecule has 2 heterocycles. The third kappa shape index (κ3) is 3.36. The van der Waals surface area contributed by atoms with Crippen molar-refractivity contribution >= 4 is 32.9 Å². The molecule has 120 valence electrons. The molecule has 0 saturated heterocycles. The summed E-state index contributed by atoms with van der Waals surface area (Å²) < 4.78 is 31.5. The summed E-state index contributed by atoms with van der Waals surface area (Å²) in [5.41, 5.74) is 0. The van der Waals surface area contributed by atoms with Gasteiger partial charge in [0, 0.05) is 5.25 Å². The molecule has 0 spiro atoms. The Bertz CT molecular complexity index is 882. The van der Waals surface area contributed by atoms with Crippen molar-refractivity contribution in [2.45, 2.75) is 34.1 Å². The number of benzene rings is 1. The quantitative estimate of drug-likeness (QED) is 0.611. The first-order valence-electron chi connectivity index (χ1n) is 7.00. The molecule has 0 aliphatic carbocycles. The van der Waals surface area contributed by atoms with Crippen molar-refractivity contribution in [1.29, 1.82) is 0 Å². The van der Waals surface area contributed by atoms with E-state index < -0.39 is 9.84 Å². The molecule has 0 unspecified atom stereocenters. The molecule has 0 aliphatic rings. The second-order valence-electron chi connectivity index (χ2n) is 5.07. The van der Waals surface area contributed by atoms with E-state index in [1.54, 1.807) is 30.3 Å². The van der Waals surface area contributed by atoms with Gasteiger partial charge >= 0.3 is 0 Å². The van der Waals surface area contributed by atoms with Crippen molar-refractivity contribution in [2.24, 2.45) is 0 Å². The zero-order valence-corrected chi connectivity index (χ0v) is 15.0. The van der Waals surface area contributed by atoms with Gasteiger partial charge in [-0.2, -0.15) is 4.98 Å². The molecule has 1 aromatic carbocycles. The summed E-state index contributed by atoms with van der Waals surface area (Å²) in [4.78, 5) is 5.32. The van der Waals surface area contributed by atoms with Gasteiger partial charge in [-0.1, -0.05) is 49.9 Å². The van der Waals surface area contributed by atoms with Gasteiger partial charge in [-0.05, 0) is 23.6 Å². The van der Waals surface area contributed by atoms with Gasteiger partial charge in [-0.15, -0.1) is 11.3 Å². The predicted octanol–water partition coefficient (Wildman–Crippen LogP) is 4.74.